The van der Waals surface area contributed by atoms with Gasteiger partial charge in [0.15, 0.2) is 0 Å². The Kier molecular flexibility index (Phi) is 5.99. The van der Waals surface area contributed by atoms with E-state index < -0.39 is 0 Å². The summed E-state index contributed by atoms with van der Waals surface area (Å²) in [7, 11) is 1.36. The Labute approximate surface area is 132 Å². The maximum Gasteiger partial charge on any atom is 0.325 e. The first-order chi connectivity index (χ1) is 10.6. The molecule has 2 rings (SSSR count). The third-order valence-corrected chi connectivity index (χ3v) is 4.46. The lowest BCUT2D eigenvalue weighted by Crippen LogP contribution is -2.36. The van der Waals surface area contributed by atoms with Gasteiger partial charge in [-0.05, 0) is 36.8 Å². The number of amides is 1. The molecule has 0 atom stereocenters. The lowest BCUT2D eigenvalue weighted by Gasteiger charge is -2.24. The average molecular weight is 303 g/mol. The Morgan fingerprint density at radius 2 is 1.91 bits per heavy atom. The zero-order chi connectivity index (χ0) is 15.9. The van der Waals surface area contributed by atoms with Crippen molar-refractivity contribution < 1.29 is 14.3 Å². The molecule has 1 fully saturated rings. The highest BCUT2D eigenvalue weighted by Crippen LogP contribution is 2.28. The molecule has 0 unspecified atom stereocenters. The van der Waals surface area contributed by atoms with Crippen LogP contribution in [0.2, 0.25) is 0 Å². The van der Waals surface area contributed by atoms with Gasteiger partial charge in [0, 0.05) is 13.0 Å². The van der Waals surface area contributed by atoms with Crippen LogP contribution in [0.3, 0.4) is 0 Å². The fourth-order valence-electron chi connectivity index (χ4n) is 3.04. The van der Waals surface area contributed by atoms with E-state index in [4.69, 9.17) is 4.74 Å². The Morgan fingerprint density at radius 1 is 1.23 bits per heavy atom. The van der Waals surface area contributed by atoms with E-state index in [-0.39, 0.29) is 18.4 Å². The van der Waals surface area contributed by atoms with Gasteiger partial charge < -0.3 is 9.64 Å². The zero-order valence-corrected chi connectivity index (χ0v) is 13.5. The first-order valence-electron chi connectivity index (χ1n) is 7.99. The summed E-state index contributed by atoms with van der Waals surface area (Å²) in [6, 6.07) is 7.96. The third kappa shape index (κ3) is 4.58. The maximum atomic E-state index is 12.6. The van der Waals surface area contributed by atoms with Crippen LogP contribution in [0.4, 0.5) is 0 Å². The number of esters is 1. The molecule has 1 aromatic rings. The molecule has 0 spiro atoms. The van der Waals surface area contributed by atoms with Crippen LogP contribution in [0.15, 0.2) is 24.3 Å². The van der Waals surface area contributed by atoms with Crippen LogP contribution in [0, 0.1) is 12.8 Å². The summed E-state index contributed by atoms with van der Waals surface area (Å²) >= 11 is 0. The summed E-state index contributed by atoms with van der Waals surface area (Å²) in [5, 5.41) is 0. The number of benzene rings is 1. The van der Waals surface area contributed by atoms with E-state index in [1.165, 1.54) is 20.0 Å². The first kappa shape index (κ1) is 16.5. The van der Waals surface area contributed by atoms with E-state index >= 15 is 0 Å². The van der Waals surface area contributed by atoms with Gasteiger partial charge in [0.05, 0.1) is 7.11 Å². The monoisotopic (exact) mass is 303 g/mol. The molecular formula is C18H25NO3. The van der Waals surface area contributed by atoms with Crippen LogP contribution in [-0.4, -0.2) is 30.4 Å². The quantitative estimate of drug-likeness (QED) is 0.759. The number of ether oxygens (including phenoxy) is 1. The number of carbonyl (C=O) groups excluding carboxylic acids is 2. The number of hydrogen-bond acceptors (Lipinski definition) is 3. The van der Waals surface area contributed by atoms with Crippen LogP contribution in [0.5, 0.6) is 0 Å². The molecule has 120 valence electrons. The molecule has 4 heteroatoms. The maximum absolute atomic E-state index is 12.6. The molecule has 4 nitrogen and oxygen atoms in total. The molecule has 1 aromatic carbocycles. The normalized spacial score (nSPS) is 14.8. The molecule has 0 heterocycles. The van der Waals surface area contributed by atoms with E-state index in [1.807, 2.05) is 31.2 Å². The summed E-state index contributed by atoms with van der Waals surface area (Å²) in [5.74, 6) is 0.165. The number of rotatable bonds is 6. The number of aryl methyl sites for hydroxylation is 1. The number of nitrogens with zero attached hydrogens (tertiary/aromatic N) is 1. The summed E-state index contributed by atoms with van der Waals surface area (Å²) < 4.78 is 4.74. The Balaban J connectivity index is 2.05. The minimum absolute atomic E-state index is 0.0242. The molecule has 1 aliphatic rings. The molecule has 0 bridgehead atoms. The highest BCUT2D eigenvalue weighted by Gasteiger charge is 2.24. The average Bonchev–Trinajstić information content (AvgIpc) is 3.01. The van der Waals surface area contributed by atoms with E-state index in [2.05, 4.69) is 0 Å². The van der Waals surface area contributed by atoms with Crippen molar-refractivity contribution in [2.45, 2.75) is 45.6 Å². The van der Waals surface area contributed by atoms with Crippen molar-refractivity contribution in [2.75, 3.05) is 13.7 Å². The summed E-state index contributed by atoms with van der Waals surface area (Å²) in [4.78, 5) is 25.8. The van der Waals surface area contributed by atoms with Crippen molar-refractivity contribution >= 4 is 11.9 Å². The summed E-state index contributed by atoms with van der Waals surface area (Å²) in [5.41, 5.74) is 2.21. The van der Waals surface area contributed by atoms with Crippen LogP contribution in [0.1, 0.15) is 43.2 Å². The van der Waals surface area contributed by atoms with Crippen molar-refractivity contribution in [3.05, 3.63) is 35.4 Å². The minimum atomic E-state index is -0.367. The van der Waals surface area contributed by atoms with Crippen LogP contribution >= 0.6 is 0 Å². The van der Waals surface area contributed by atoms with Gasteiger partial charge in [-0.1, -0.05) is 37.1 Å². The first-order valence-corrected chi connectivity index (χ1v) is 7.99. The molecule has 0 N–H and O–H groups in total. The van der Waals surface area contributed by atoms with Crippen LogP contribution in [0.25, 0.3) is 0 Å². The van der Waals surface area contributed by atoms with Crippen molar-refractivity contribution in [2.24, 2.45) is 5.92 Å². The van der Waals surface area contributed by atoms with Gasteiger partial charge in [-0.25, -0.2) is 0 Å². The van der Waals surface area contributed by atoms with Crippen molar-refractivity contribution in [3.8, 4) is 0 Å². The summed E-state index contributed by atoms with van der Waals surface area (Å²) in [6.07, 6.45) is 5.23. The molecule has 0 radical (unpaired) electrons. The van der Waals surface area contributed by atoms with Gasteiger partial charge in [-0.2, -0.15) is 0 Å². The van der Waals surface area contributed by atoms with Crippen molar-refractivity contribution in [1.82, 2.24) is 4.90 Å². The SMILES string of the molecule is COC(=O)CN(Cc1ccccc1C)C(=O)CC1CCCC1. The fraction of sp³-hybridized carbons (Fsp3) is 0.556. The molecule has 0 saturated heterocycles. The Hall–Kier alpha value is -1.84. The van der Waals surface area contributed by atoms with Crippen molar-refractivity contribution in [3.63, 3.8) is 0 Å². The Bertz CT molecular complexity index is 521. The number of hydrogen-bond donors (Lipinski definition) is 0. The van der Waals surface area contributed by atoms with Gasteiger partial charge in [0.2, 0.25) is 5.91 Å². The van der Waals surface area contributed by atoms with Crippen LogP contribution < -0.4 is 0 Å². The van der Waals surface area contributed by atoms with Gasteiger partial charge in [0.1, 0.15) is 6.54 Å². The van der Waals surface area contributed by atoms with Gasteiger partial charge in [0.25, 0.3) is 0 Å². The molecule has 22 heavy (non-hydrogen) atoms. The van der Waals surface area contributed by atoms with Crippen molar-refractivity contribution in [1.29, 1.82) is 0 Å². The van der Waals surface area contributed by atoms with E-state index in [9.17, 15) is 9.59 Å². The molecule has 0 aliphatic heterocycles. The topological polar surface area (TPSA) is 46.6 Å². The number of carbonyl (C=O) groups is 2. The second-order valence-electron chi connectivity index (χ2n) is 6.11. The lowest BCUT2D eigenvalue weighted by atomic mass is 10.0. The lowest BCUT2D eigenvalue weighted by molar-refractivity contribution is -0.147. The second-order valence-corrected chi connectivity index (χ2v) is 6.11. The molecular weight excluding hydrogens is 278 g/mol. The van der Waals surface area contributed by atoms with E-state index in [0.29, 0.717) is 18.9 Å². The molecule has 1 amide bonds. The van der Waals surface area contributed by atoms with E-state index in [0.717, 1.165) is 24.0 Å². The summed E-state index contributed by atoms with van der Waals surface area (Å²) in [6.45, 7) is 2.51. The fourth-order valence-corrected chi connectivity index (χ4v) is 3.04. The second kappa shape index (κ2) is 7.97. The predicted molar refractivity (Wildman–Crippen MR) is 85.2 cm³/mol. The van der Waals surface area contributed by atoms with Gasteiger partial charge in [-0.3, -0.25) is 9.59 Å². The van der Waals surface area contributed by atoms with Crippen LogP contribution in [-0.2, 0) is 20.9 Å². The molecule has 0 aromatic heterocycles. The standard InChI is InChI=1S/C18H25NO3/c1-14-7-3-6-10-16(14)12-19(13-18(21)22-2)17(20)11-15-8-4-5-9-15/h3,6-7,10,15H,4-5,8-9,11-13H2,1-2H3. The van der Waals surface area contributed by atoms with Gasteiger partial charge >= 0.3 is 5.97 Å². The predicted octanol–water partition coefficient (Wildman–Crippen LogP) is 3.08. The Morgan fingerprint density at radius 3 is 2.55 bits per heavy atom. The highest BCUT2D eigenvalue weighted by atomic mass is 16.5. The van der Waals surface area contributed by atoms with E-state index in [1.54, 1.807) is 4.90 Å². The van der Waals surface area contributed by atoms with Gasteiger partial charge in [-0.15, -0.1) is 0 Å². The molecule has 1 saturated carbocycles. The largest absolute Gasteiger partial charge is 0.468 e. The highest BCUT2D eigenvalue weighted by molar-refractivity contribution is 5.82. The number of methoxy groups -OCH3 is 1. The smallest absolute Gasteiger partial charge is 0.325 e. The third-order valence-electron chi connectivity index (χ3n) is 4.46. The minimum Gasteiger partial charge on any atom is -0.468 e. The zero-order valence-electron chi connectivity index (χ0n) is 13.5. The molecule has 1 aliphatic carbocycles.